The van der Waals surface area contributed by atoms with E-state index in [9.17, 15) is 9.59 Å². The summed E-state index contributed by atoms with van der Waals surface area (Å²) in [6, 6.07) is 27.3. The maximum Gasteiger partial charge on any atom is 0.344 e. The minimum absolute atomic E-state index is 0.0591. The van der Waals surface area contributed by atoms with Crippen LogP contribution in [0.15, 0.2) is 94.1 Å². The monoisotopic (exact) mass is 453 g/mol. The molecule has 0 aliphatic carbocycles. The van der Waals surface area contributed by atoms with Crippen LogP contribution in [0.1, 0.15) is 10.6 Å². The van der Waals surface area contributed by atoms with Crippen LogP contribution in [0.4, 0.5) is 5.69 Å². The molecular weight excluding hydrogens is 426 g/mol. The number of rotatable bonds is 6. The van der Waals surface area contributed by atoms with Crippen LogP contribution in [-0.4, -0.2) is 50.1 Å². The van der Waals surface area contributed by atoms with Gasteiger partial charge in [-0.25, -0.2) is 4.79 Å². The third kappa shape index (κ3) is 4.58. The lowest BCUT2D eigenvalue weighted by Gasteiger charge is -2.36. The number of nitrogens with zero attached hydrogens (tertiary/aromatic N) is 2. The minimum Gasteiger partial charge on any atom is -0.416 e. The zero-order chi connectivity index (χ0) is 23.3. The second-order valence-electron chi connectivity index (χ2n) is 8.43. The van der Waals surface area contributed by atoms with E-state index in [4.69, 9.17) is 4.42 Å². The number of anilines is 1. The molecule has 0 unspecified atom stereocenters. The Hall–Kier alpha value is -3.90. The standard InChI is InChI=1S/C28H27N3O3/c32-27(29-15-16-30-17-19-31(20-18-30)22-11-5-2-6-12-22)26-25(21-9-3-1-4-10-21)23-13-7-8-14-24(23)28(33)34-26/h1-14H,15-20H2,(H,29,32). The van der Waals surface area contributed by atoms with Crippen molar-refractivity contribution in [3.63, 3.8) is 0 Å². The lowest BCUT2D eigenvalue weighted by Crippen LogP contribution is -2.48. The second-order valence-corrected chi connectivity index (χ2v) is 8.43. The van der Waals surface area contributed by atoms with Crippen LogP contribution >= 0.6 is 0 Å². The molecule has 0 spiro atoms. The van der Waals surface area contributed by atoms with Crippen molar-refractivity contribution in [1.82, 2.24) is 10.2 Å². The van der Waals surface area contributed by atoms with Crippen LogP contribution in [0.5, 0.6) is 0 Å². The number of carbonyl (C=O) groups excluding carboxylic acids is 1. The van der Waals surface area contributed by atoms with E-state index >= 15 is 0 Å². The van der Waals surface area contributed by atoms with Crippen molar-refractivity contribution < 1.29 is 9.21 Å². The fraction of sp³-hybridized carbons (Fsp3) is 0.214. The molecule has 0 bridgehead atoms. The number of hydrogen-bond acceptors (Lipinski definition) is 5. The number of carbonyl (C=O) groups is 1. The fourth-order valence-electron chi connectivity index (χ4n) is 4.53. The first-order valence-corrected chi connectivity index (χ1v) is 11.6. The third-order valence-electron chi connectivity index (χ3n) is 6.31. The first kappa shape index (κ1) is 21.9. The molecule has 0 saturated carbocycles. The number of benzene rings is 3. The predicted octanol–water partition coefficient (Wildman–Crippen LogP) is 4.01. The smallest absolute Gasteiger partial charge is 0.344 e. The molecule has 2 heterocycles. The Morgan fingerprint density at radius 2 is 1.41 bits per heavy atom. The highest BCUT2D eigenvalue weighted by atomic mass is 16.4. The van der Waals surface area contributed by atoms with Crippen LogP contribution in [-0.2, 0) is 0 Å². The van der Waals surface area contributed by atoms with Gasteiger partial charge in [-0.15, -0.1) is 0 Å². The predicted molar refractivity (Wildman–Crippen MR) is 135 cm³/mol. The number of fused-ring (bicyclic) bond motifs is 1. The van der Waals surface area contributed by atoms with Crippen LogP contribution in [0.3, 0.4) is 0 Å². The third-order valence-corrected chi connectivity index (χ3v) is 6.31. The first-order valence-electron chi connectivity index (χ1n) is 11.6. The molecule has 1 N–H and O–H groups in total. The van der Waals surface area contributed by atoms with Gasteiger partial charge in [-0.2, -0.15) is 0 Å². The molecule has 1 aromatic heterocycles. The molecule has 5 rings (SSSR count). The topological polar surface area (TPSA) is 65.8 Å². The van der Waals surface area contributed by atoms with Crippen molar-refractivity contribution in [3.05, 3.63) is 101 Å². The number of nitrogens with one attached hydrogen (secondary N) is 1. The summed E-state index contributed by atoms with van der Waals surface area (Å²) in [7, 11) is 0. The molecular formula is C28H27N3O3. The van der Waals surface area contributed by atoms with Gasteiger partial charge in [-0.1, -0.05) is 66.7 Å². The largest absolute Gasteiger partial charge is 0.416 e. The van der Waals surface area contributed by atoms with Crippen LogP contribution in [0.2, 0.25) is 0 Å². The van der Waals surface area contributed by atoms with Crippen molar-refractivity contribution in [2.75, 3.05) is 44.2 Å². The Labute approximate surface area is 198 Å². The average molecular weight is 454 g/mol. The van der Waals surface area contributed by atoms with E-state index in [0.29, 0.717) is 22.9 Å². The van der Waals surface area contributed by atoms with Gasteiger partial charge in [-0.3, -0.25) is 9.69 Å². The first-order chi connectivity index (χ1) is 16.7. The highest BCUT2D eigenvalue weighted by Gasteiger charge is 2.22. The summed E-state index contributed by atoms with van der Waals surface area (Å²) in [5.41, 5.74) is 2.22. The molecule has 1 fully saturated rings. The van der Waals surface area contributed by atoms with E-state index < -0.39 is 5.63 Å². The van der Waals surface area contributed by atoms with E-state index in [0.717, 1.165) is 38.3 Å². The lowest BCUT2D eigenvalue weighted by atomic mass is 9.98. The molecule has 3 aromatic carbocycles. The van der Waals surface area contributed by atoms with E-state index in [-0.39, 0.29) is 11.7 Å². The van der Waals surface area contributed by atoms with E-state index in [1.165, 1.54) is 5.69 Å². The lowest BCUT2D eigenvalue weighted by molar-refractivity contribution is 0.0917. The molecule has 4 aromatic rings. The van der Waals surface area contributed by atoms with Crippen molar-refractivity contribution >= 4 is 22.4 Å². The Kier molecular flexibility index (Phi) is 6.40. The van der Waals surface area contributed by atoms with E-state index in [2.05, 4.69) is 39.4 Å². The van der Waals surface area contributed by atoms with Crippen LogP contribution in [0, 0.1) is 0 Å². The van der Waals surface area contributed by atoms with Crippen molar-refractivity contribution in [2.45, 2.75) is 0 Å². The SMILES string of the molecule is O=C(NCCN1CCN(c2ccccc2)CC1)c1oc(=O)c2ccccc2c1-c1ccccc1. The molecule has 0 atom stereocenters. The Morgan fingerprint density at radius 3 is 2.12 bits per heavy atom. The van der Waals surface area contributed by atoms with Gasteiger partial charge in [0.1, 0.15) is 0 Å². The number of para-hydroxylation sites is 1. The summed E-state index contributed by atoms with van der Waals surface area (Å²) in [4.78, 5) is 30.5. The number of piperazine rings is 1. The van der Waals surface area contributed by atoms with Gasteiger partial charge in [0.2, 0.25) is 5.76 Å². The quantitative estimate of drug-likeness (QED) is 0.478. The van der Waals surface area contributed by atoms with Crippen molar-refractivity contribution in [1.29, 1.82) is 0 Å². The van der Waals surface area contributed by atoms with E-state index in [1.54, 1.807) is 12.1 Å². The molecule has 34 heavy (non-hydrogen) atoms. The molecule has 1 amide bonds. The van der Waals surface area contributed by atoms with Crippen LogP contribution in [0.25, 0.3) is 21.9 Å². The van der Waals surface area contributed by atoms with Gasteiger partial charge in [0.05, 0.1) is 5.39 Å². The maximum absolute atomic E-state index is 13.1. The summed E-state index contributed by atoms with van der Waals surface area (Å²) in [6.45, 7) is 5.00. The van der Waals surface area contributed by atoms with Gasteiger partial charge in [0.15, 0.2) is 0 Å². The van der Waals surface area contributed by atoms with Crippen LogP contribution < -0.4 is 15.8 Å². The minimum atomic E-state index is -0.502. The Bertz CT molecular complexity index is 1330. The summed E-state index contributed by atoms with van der Waals surface area (Å²) in [5.74, 6) is -0.312. The molecule has 1 aliphatic rings. The van der Waals surface area contributed by atoms with E-state index in [1.807, 2.05) is 48.5 Å². The average Bonchev–Trinajstić information content (AvgIpc) is 2.90. The fourth-order valence-corrected chi connectivity index (χ4v) is 4.53. The Morgan fingerprint density at radius 1 is 0.794 bits per heavy atom. The highest BCUT2D eigenvalue weighted by molar-refractivity contribution is 6.07. The van der Waals surface area contributed by atoms with Gasteiger partial charge < -0.3 is 14.6 Å². The van der Waals surface area contributed by atoms with Gasteiger partial charge >= 0.3 is 5.63 Å². The zero-order valence-electron chi connectivity index (χ0n) is 18.9. The van der Waals surface area contributed by atoms with Gasteiger partial charge in [0.25, 0.3) is 5.91 Å². The molecule has 6 nitrogen and oxygen atoms in total. The number of hydrogen-bond donors (Lipinski definition) is 1. The summed E-state index contributed by atoms with van der Waals surface area (Å²) in [5, 5.41) is 4.15. The maximum atomic E-state index is 13.1. The molecule has 6 heteroatoms. The molecule has 1 saturated heterocycles. The number of amides is 1. The second kappa shape index (κ2) is 9.93. The van der Waals surface area contributed by atoms with Crippen molar-refractivity contribution in [2.24, 2.45) is 0 Å². The molecule has 0 radical (unpaired) electrons. The highest BCUT2D eigenvalue weighted by Crippen LogP contribution is 2.30. The Balaban J connectivity index is 1.28. The summed E-state index contributed by atoms with van der Waals surface area (Å²) >= 11 is 0. The summed E-state index contributed by atoms with van der Waals surface area (Å²) in [6.07, 6.45) is 0. The van der Waals surface area contributed by atoms with Gasteiger partial charge in [0, 0.05) is 55.9 Å². The normalized spacial score (nSPS) is 14.3. The van der Waals surface area contributed by atoms with Gasteiger partial charge in [-0.05, 0) is 23.8 Å². The molecule has 1 aliphatic heterocycles. The zero-order valence-corrected chi connectivity index (χ0v) is 18.9. The van der Waals surface area contributed by atoms with Crippen molar-refractivity contribution in [3.8, 4) is 11.1 Å². The summed E-state index contributed by atoms with van der Waals surface area (Å²) < 4.78 is 5.56. The molecule has 172 valence electrons.